The summed E-state index contributed by atoms with van der Waals surface area (Å²) in [4.78, 5) is 2.73. The first kappa shape index (κ1) is 38.9. The number of hydrogen-bond donors (Lipinski definition) is 0. The SMILES string of the molecule is Cc1cc2c3c(c1)N(c1cc4c(cc1-c1ccccc1)C(C)(C)CCC4(C)C)c1c(sc4cc(C(C)(C)C)ccc14)B3[n+]1c(-c3ccc(C(C)(C)C)cc3)sc3cccc-2c31. The highest BCUT2D eigenvalue weighted by atomic mass is 32.1. The minimum Gasteiger partial charge on any atom is -0.309 e. The molecule has 304 valence electrons. The normalized spacial score (nSPS) is 16.2. The Balaban J connectivity index is 1.28. The second-order valence-corrected chi connectivity index (χ2v) is 23.7. The lowest BCUT2D eigenvalue weighted by Crippen LogP contribution is -2.70. The molecule has 61 heavy (non-hydrogen) atoms. The lowest BCUT2D eigenvalue weighted by atomic mass is 9.48. The number of rotatable bonds is 3. The van der Waals surface area contributed by atoms with Crippen LogP contribution in [-0.2, 0) is 21.7 Å². The molecular weight excluding hydrogens is 776 g/mol. The molecule has 0 radical (unpaired) electrons. The highest BCUT2D eigenvalue weighted by Gasteiger charge is 2.54. The molecule has 8 aromatic rings. The quantitative estimate of drug-likeness (QED) is 0.161. The molecule has 5 heteroatoms. The van der Waals surface area contributed by atoms with Crippen LogP contribution in [0, 0.1) is 6.92 Å². The van der Waals surface area contributed by atoms with Crippen LogP contribution in [0.5, 0.6) is 0 Å². The van der Waals surface area contributed by atoms with Crippen LogP contribution in [0.25, 0.3) is 53.1 Å². The number of nitrogens with zero attached hydrogens (tertiary/aromatic N) is 2. The van der Waals surface area contributed by atoms with Crippen molar-refractivity contribution in [3.8, 4) is 32.8 Å². The van der Waals surface area contributed by atoms with Gasteiger partial charge in [-0.1, -0.05) is 147 Å². The van der Waals surface area contributed by atoms with E-state index in [1.54, 1.807) is 0 Å². The van der Waals surface area contributed by atoms with Crippen molar-refractivity contribution in [3.05, 3.63) is 143 Å². The van der Waals surface area contributed by atoms with Crippen LogP contribution in [0.1, 0.15) is 110 Å². The van der Waals surface area contributed by atoms with Gasteiger partial charge in [-0.2, -0.15) is 0 Å². The van der Waals surface area contributed by atoms with Crippen LogP contribution in [0.3, 0.4) is 0 Å². The third-order valence-corrected chi connectivity index (χ3v) is 16.7. The van der Waals surface area contributed by atoms with Gasteiger partial charge in [0, 0.05) is 26.8 Å². The number of aryl methyl sites for hydroxylation is 1. The van der Waals surface area contributed by atoms with E-state index in [1.807, 2.05) is 22.7 Å². The second kappa shape index (κ2) is 13.0. The highest BCUT2D eigenvalue weighted by Crippen LogP contribution is 2.54. The fourth-order valence-corrected chi connectivity index (χ4v) is 13.3. The largest absolute Gasteiger partial charge is 0.576 e. The standard InChI is InChI=1S/C56H56BN2S2/c1-33-28-41-38-18-15-19-46-49(38)59(52(61-46)35-20-22-36(23-21-35)53(2,3)4)57-48(41)45(29-33)58(50-39-25-24-37(54(5,6)7)30-47(39)60-51(50)57)44-32-43-42(55(8,9)26-27-56(43,10)11)31-40(44)34-16-13-12-14-17-34/h12-25,28-32H,26-27H2,1-11H3/q+1. The number of anilines is 3. The van der Waals surface area contributed by atoms with Crippen LogP contribution in [0.15, 0.2) is 115 Å². The molecule has 0 bridgehead atoms. The maximum Gasteiger partial charge on any atom is 0.576 e. The number of para-hydroxylation sites is 1. The molecule has 0 unspecified atom stereocenters. The highest BCUT2D eigenvalue weighted by molar-refractivity contribution is 7.31. The molecule has 0 saturated carbocycles. The summed E-state index contributed by atoms with van der Waals surface area (Å²) in [6.45, 7) is 26.1. The van der Waals surface area contributed by atoms with Crippen LogP contribution in [0.4, 0.5) is 17.1 Å². The number of thiophene rings is 1. The minimum absolute atomic E-state index is 0.0152. The number of benzene rings is 6. The Bertz CT molecular complexity index is 3110. The zero-order valence-corrected chi connectivity index (χ0v) is 39.3. The lowest BCUT2D eigenvalue weighted by molar-refractivity contribution is -0.485. The molecule has 1 aliphatic carbocycles. The van der Waals surface area contributed by atoms with E-state index in [2.05, 4.69) is 201 Å². The summed E-state index contributed by atoms with van der Waals surface area (Å²) >= 11 is 3.96. The van der Waals surface area contributed by atoms with Crippen LogP contribution >= 0.6 is 22.7 Å². The summed E-state index contributed by atoms with van der Waals surface area (Å²) < 4.78 is 6.86. The van der Waals surface area contributed by atoms with Gasteiger partial charge in [0.15, 0.2) is 0 Å². The van der Waals surface area contributed by atoms with E-state index in [1.165, 1.54) is 121 Å². The zero-order valence-electron chi connectivity index (χ0n) is 37.7. The first-order valence-corrected chi connectivity index (χ1v) is 23.9. The molecule has 2 aromatic heterocycles. The predicted octanol–water partition coefficient (Wildman–Crippen LogP) is 14.4. The molecule has 4 heterocycles. The number of hydrogen-bond acceptors (Lipinski definition) is 3. The van der Waals surface area contributed by atoms with E-state index in [-0.39, 0.29) is 28.5 Å². The van der Waals surface area contributed by atoms with E-state index in [4.69, 9.17) is 0 Å². The Kier molecular flexibility index (Phi) is 8.32. The van der Waals surface area contributed by atoms with Crippen molar-refractivity contribution in [2.24, 2.45) is 0 Å². The first-order valence-electron chi connectivity index (χ1n) is 22.3. The van der Waals surface area contributed by atoms with Crippen molar-refractivity contribution < 1.29 is 4.48 Å². The van der Waals surface area contributed by atoms with E-state index < -0.39 is 0 Å². The average molecular weight is 832 g/mol. The maximum absolute atomic E-state index is 2.75. The fourth-order valence-electron chi connectivity index (χ4n) is 10.7. The van der Waals surface area contributed by atoms with Gasteiger partial charge in [0.05, 0.1) is 27.3 Å². The Morgan fingerprint density at radius 1 is 0.590 bits per heavy atom. The topological polar surface area (TPSA) is 7.12 Å². The molecular formula is C56H56BN2S2+. The van der Waals surface area contributed by atoms with Crippen molar-refractivity contribution in [2.75, 3.05) is 4.90 Å². The summed E-state index contributed by atoms with van der Waals surface area (Å²) in [5.41, 5.74) is 20.5. The molecule has 0 N–H and O–H groups in total. The Morgan fingerprint density at radius 3 is 1.95 bits per heavy atom. The molecule has 11 rings (SSSR count). The monoisotopic (exact) mass is 831 g/mol. The van der Waals surface area contributed by atoms with Gasteiger partial charge in [-0.3, -0.25) is 4.48 Å². The van der Waals surface area contributed by atoms with Gasteiger partial charge >= 0.3 is 6.85 Å². The predicted molar refractivity (Wildman–Crippen MR) is 266 cm³/mol. The minimum atomic E-state index is 0.0152. The molecule has 0 fully saturated rings. The van der Waals surface area contributed by atoms with Gasteiger partial charge < -0.3 is 4.90 Å². The van der Waals surface area contributed by atoms with Crippen molar-refractivity contribution in [1.29, 1.82) is 0 Å². The van der Waals surface area contributed by atoms with E-state index in [0.717, 1.165) is 0 Å². The van der Waals surface area contributed by atoms with Gasteiger partial charge in [-0.05, 0) is 129 Å². The van der Waals surface area contributed by atoms with Crippen LogP contribution in [0.2, 0.25) is 0 Å². The summed E-state index contributed by atoms with van der Waals surface area (Å²) in [6, 6.07) is 45.2. The van der Waals surface area contributed by atoms with Gasteiger partial charge in [-0.25, -0.2) is 0 Å². The number of fused-ring (bicyclic) bond motifs is 7. The molecule has 0 spiro atoms. The van der Waals surface area contributed by atoms with Crippen LogP contribution < -0.4 is 19.6 Å². The van der Waals surface area contributed by atoms with Gasteiger partial charge in [0.25, 0.3) is 0 Å². The summed E-state index contributed by atoms with van der Waals surface area (Å²) in [5, 5.41) is 2.65. The van der Waals surface area contributed by atoms with Crippen molar-refractivity contribution in [3.63, 3.8) is 0 Å². The molecule has 2 nitrogen and oxygen atoms in total. The smallest absolute Gasteiger partial charge is 0.309 e. The zero-order chi connectivity index (χ0) is 42.5. The Morgan fingerprint density at radius 2 is 1.26 bits per heavy atom. The molecule has 0 saturated heterocycles. The third-order valence-electron chi connectivity index (χ3n) is 14.4. The van der Waals surface area contributed by atoms with Gasteiger partial charge in [-0.15, -0.1) is 11.3 Å². The van der Waals surface area contributed by atoms with Crippen molar-refractivity contribution in [2.45, 2.75) is 111 Å². The molecule has 0 amide bonds. The van der Waals surface area contributed by atoms with E-state index in [0.29, 0.717) is 0 Å². The first-order chi connectivity index (χ1) is 28.9. The number of thiazole rings is 1. The van der Waals surface area contributed by atoms with Crippen molar-refractivity contribution in [1.82, 2.24) is 0 Å². The molecule has 6 aromatic carbocycles. The van der Waals surface area contributed by atoms with Gasteiger partial charge in [0.1, 0.15) is 4.70 Å². The van der Waals surface area contributed by atoms with E-state index in [9.17, 15) is 0 Å². The van der Waals surface area contributed by atoms with E-state index >= 15 is 0 Å². The number of aromatic nitrogens is 1. The van der Waals surface area contributed by atoms with Crippen LogP contribution in [-0.4, -0.2) is 6.85 Å². The Labute approximate surface area is 371 Å². The van der Waals surface area contributed by atoms with Gasteiger partial charge in [0.2, 0.25) is 10.5 Å². The Hall–Kier alpha value is -4.97. The molecule has 0 atom stereocenters. The average Bonchev–Trinajstić information content (AvgIpc) is 3.80. The lowest BCUT2D eigenvalue weighted by Gasteiger charge is -2.44. The maximum atomic E-state index is 2.75. The molecule has 2 aliphatic heterocycles. The molecule has 3 aliphatic rings. The fraction of sp³-hybridized carbons (Fsp3) is 0.304. The second-order valence-electron chi connectivity index (χ2n) is 21.6. The summed E-state index contributed by atoms with van der Waals surface area (Å²) in [5.74, 6) is 0. The summed E-state index contributed by atoms with van der Waals surface area (Å²) in [7, 11) is 0. The third kappa shape index (κ3) is 5.82. The summed E-state index contributed by atoms with van der Waals surface area (Å²) in [6.07, 6.45) is 2.35. The van der Waals surface area contributed by atoms with Crippen molar-refractivity contribution >= 4 is 77.1 Å².